The Morgan fingerprint density at radius 1 is 1.12 bits per heavy atom. The van der Waals surface area contributed by atoms with Gasteiger partial charge in [0.1, 0.15) is 11.5 Å². The highest BCUT2D eigenvalue weighted by Gasteiger charge is 2.26. The molecule has 1 aliphatic heterocycles. The number of benzene rings is 2. The summed E-state index contributed by atoms with van der Waals surface area (Å²) in [7, 11) is 0. The summed E-state index contributed by atoms with van der Waals surface area (Å²) >= 11 is 0. The van der Waals surface area contributed by atoms with E-state index >= 15 is 0 Å². The van der Waals surface area contributed by atoms with Crippen molar-refractivity contribution in [3.63, 3.8) is 0 Å². The quantitative estimate of drug-likeness (QED) is 0.552. The minimum atomic E-state index is -0.204. The highest BCUT2D eigenvalue weighted by molar-refractivity contribution is 5.99. The zero-order valence-electron chi connectivity index (χ0n) is 19.3. The van der Waals surface area contributed by atoms with Gasteiger partial charge < -0.3 is 25.0 Å². The summed E-state index contributed by atoms with van der Waals surface area (Å²) in [5.74, 6) is 1.44. The van der Waals surface area contributed by atoms with Crippen molar-refractivity contribution in [2.45, 2.75) is 57.9 Å². The fraction of sp³-hybridized carbons (Fsp3) is 0.462. The van der Waals surface area contributed by atoms with Crippen molar-refractivity contribution >= 4 is 23.3 Å². The lowest BCUT2D eigenvalue weighted by atomic mass is 9.96. The van der Waals surface area contributed by atoms with Gasteiger partial charge in [-0.05, 0) is 68.5 Å². The Morgan fingerprint density at radius 3 is 2.79 bits per heavy atom. The molecule has 1 fully saturated rings. The third-order valence-corrected chi connectivity index (χ3v) is 6.13. The van der Waals surface area contributed by atoms with Crippen LogP contribution in [0.25, 0.3) is 0 Å². The number of unbranched alkanes of at least 4 members (excludes halogenated alkanes) is 1. The second kappa shape index (κ2) is 11.1. The molecule has 0 aromatic heterocycles. The van der Waals surface area contributed by atoms with Gasteiger partial charge in [0, 0.05) is 18.3 Å². The number of urea groups is 1. The number of amides is 3. The SMILES string of the molecule is Cc1cccc(OCCCCN2C(=O)COc3ccc(NC(=O)NC4CCCCC4)cc32)c1. The van der Waals surface area contributed by atoms with Crippen LogP contribution in [0.4, 0.5) is 16.2 Å². The summed E-state index contributed by atoms with van der Waals surface area (Å²) in [6.45, 7) is 3.24. The van der Waals surface area contributed by atoms with Gasteiger partial charge in [-0.25, -0.2) is 4.79 Å². The zero-order chi connectivity index (χ0) is 23.0. The van der Waals surface area contributed by atoms with Crippen LogP contribution in [-0.2, 0) is 4.79 Å². The number of hydrogen-bond acceptors (Lipinski definition) is 4. The van der Waals surface area contributed by atoms with E-state index in [-0.39, 0.29) is 24.6 Å². The minimum absolute atomic E-state index is 0.0295. The van der Waals surface area contributed by atoms with Crippen LogP contribution in [0, 0.1) is 6.92 Å². The molecule has 1 aliphatic carbocycles. The average Bonchev–Trinajstić information content (AvgIpc) is 2.81. The lowest BCUT2D eigenvalue weighted by molar-refractivity contribution is -0.121. The van der Waals surface area contributed by atoms with Crippen LogP contribution in [0.5, 0.6) is 11.5 Å². The molecule has 3 amide bonds. The van der Waals surface area contributed by atoms with E-state index in [1.165, 1.54) is 12.0 Å². The van der Waals surface area contributed by atoms with Crippen LogP contribution in [0.15, 0.2) is 42.5 Å². The Morgan fingerprint density at radius 2 is 1.97 bits per heavy atom. The largest absolute Gasteiger partial charge is 0.494 e. The molecule has 4 rings (SSSR count). The van der Waals surface area contributed by atoms with Gasteiger partial charge in [-0.2, -0.15) is 0 Å². The molecule has 2 aliphatic rings. The van der Waals surface area contributed by atoms with Gasteiger partial charge in [0.2, 0.25) is 0 Å². The van der Waals surface area contributed by atoms with E-state index < -0.39 is 0 Å². The van der Waals surface area contributed by atoms with Crippen molar-refractivity contribution in [3.8, 4) is 11.5 Å². The molecule has 0 atom stereocenters. The van der Waals surface area contributed by atoms with E-state index in [4.69, 9.17) is 9.47 Å². The van der Waals surface area contributed by atoms with Gasteiger partial charge in [0.15, 0.2) is 6.61 Å². The Labute approximate surface area is 195 Å². The lowest BCUT2D eigenvalue weighted by Gasteiger charge is -2.30. The molecule has 0 bridgehead atoms. The predicted molar refractivity (Wildman–Crippen MR) is 129 cm³/mol. The molecule has 7 nitrogen and oxygen atoms in total. The van der Waals surface area contributed by atoms with Crippen molar-refractivity contribution < 1.29 is 19.1 Å². The van der Waals surface area contributed by atoms with E-state index in [1.54, 1.807) is 4.90 Å². The number of aryl methyl sites for hydroxylation is 1. The molecule has 2 aromatic carbocycles. The minimum Gasteiger partial charge on any atom is -0.494 e. The van der Waals surface area contributed by atoms with Crippen LogP contribution in [0.1, 0.15) is 50.5 Å². The third-order valence-electron chi connectivity index (χ3n) is 6.13. The summed E-state index contributed by atoms with van der Waals surface area (Å²) in [6, 6.07) is 13.5. The molecule has 0 radical (unpaired) electrons. The third kappa shape index (κ3) is 6.40. The molecule has 33 heavy (non-hydrogen) atoms. The molecule has 0 saturated heterocycles. The number of ether oxygens (including phenoxy) is 2. The van der Waals surface area contributed by atoms with Crippen LogP contribution < -0.4 is 25.0 Å². The number of rotatable bonds is 8. The molecule has 2 aromatic rings. The van der Waals surface area contributed by atoms with Crippen molar-refractivity contribution in [2.24, 2.45) is 0 Å². The van der Waals surface area contributed by atoms with Gasteiger partial charge in [-0.15, -0.1) is 0 Å². The van der Waals surface area contributed by atoms with Crippen molar-refractivity contribution in [2.75, 3.05) is 30.0 Å². The van der Waals surface area contributed by atoms with Crippen molar-refractivity contribution in [1.29, 1.82) is 0 Å². The van der Waals surface area contributed by atoms with Crippen LogP contribution >= 0.6 is 0 Å². The summed E-state index contributed by atoms with van der Waals surface area (Å²) < 4.78 is 11.4. The maximum atomic E-state index is 12.5. The van der Waals surface area contributed by atoms with E-state index in [2.05, 4.69) is 10.6 Å². The van der Waals surface area contributed by atoms with Gasteiger partial charge >= 0.3 is 6.03 Å². The zero-order valence-corrected chi connectivity index (χ0v) is 19.3. The first-order chi connectivity index (χ1) is 16.1. The number of hydrogen-bond donors (Lipinski definition) is 2. The van der Waals surface area contributed by atoms with Crippen LogP contribution in [-0.4, -0.2) is 37.7 Å². The average molecular weight is 452 g/mol. The summed E-state index contributed by atoms with van der Waals surface area (Å²) in [4.78, 5) is 26.7. The summed E-state index contributed by atoms with van der Waals surface area (Å²) in [6.07, 6.45) is 7.25. The molecule has 0 unspecified atom stereocenters. The monoisotopic (exact) mass is 451 g/mol. The second-order valence-corrected chi connectivity index (χ2v) is 8.82. The van der Waals surface area contributed by atoms with E-state index in [1.807, 2.05) is 49.4 Å². The maximum absolute atomic E-state index is 12.5. The molecule has 2 N–H and O–H groups in total. The molecule has 1 saturated carbocycles. The Bertz CT molecular complexity index is 972. The molecule has 0 spiro atoms. The smallest absolute Gasteiger partial charge is 0.319 e. The first-order valence-electron chi connectivity index (χ1n) is 11.9. The highest BCUT2D eigenvalue weighted by Crippen LogP contribution is 2.35. The molecule has 7 heteroatoms. The van der Waals surface area contributed by atoms with Crippen molar-refractivity contribution in [1.82, 2.24) is 5.32 Å². The molecule has 176 valence electrons. The standard InChI is InChI=1S/C26H33N3O4/c1-19-8-7-11-22(16-19)32-15-6-5-14-29-23-17-21(12-13-24(23)33-18-25(29)30)28-26(31)27-20-9-3-2-4-10-20/h7-8,11-13,16-17,20H,2-6,9-10,14-15,18H2,1H3,(H2,27,28,31). The summed E-state index contributed by atoms with van der Waals surface area (Å²) in [5.41, 5.74) is 2.51. The van der Waals surface area contributed by atoms with Gasteiger partial charge in [0.05, 0.1) is 12.3 Å². The Kier molecular flexibility index (Phi) is 7.70. The first-order valence-corrected chi connectivity index (χ1v) is 11.9. The first kappa shape index (κ1) is 23.0. The van der Waals surface area contributed by atoms with Crippen LogP contribution in [0.2, 0.25) is 0 Å². The Balaban J connectivity index is 1.31. The highest BCUT2D eigenvalue weighted by atomic mass is 16.5. The molecule has 1 heterocycles. The number of carbonyl (C=O) groups is 2. The van der Waals surface area contributed by atoms with Crippen molar-refractivity contribution in [3.05, 3.63) is 48.0 Å². The van der Waals surface area contributed by atoms with Crippen LogP contribution in [0.3, 0.4) is 0 Å². The normalized spacial score (nSPS) is 16.0. The Hall–Kier alpha value is -3.22. The van der Waals surface area contributed by atoms with E-state index in [0.29, 0.717) is 30.3 Å². The predicted octanol–water partition coefficient (Wildman–Crippen LogP) is 5.03. The number of carbonyl (C=O) groups excluding carboxylic acids is 2. The number of fused-ring (bicyclic) bond motifs is 1. The summed E-state index contributed by atoms with van der Waals surface area (Å²) in [5, 5.41) is 5.97. The van der Waals surface area contributed by atoms with E-state index in [9.17, 15) is 9.59 Å². The van der Waals surface area contributed by atoms with Gasteiger partial charge in [0.25, 0.3) is 5.91 Å². The lowest BCUT2D eigenvalue weighted by Crippen LogP contribution is -2.40. The number of nitrogens with one attached hydrogen (secondary N) is 2. The topological polar surface area (TPSA) is 79.9 Å². The van der Waals surface area contributed by atoms with Gasteiger partial charge in [-0.1, -0.05) is 31.4 Å². The van der Waals surface area contributed by atoms with E-state index in [0.717, 1.165) is 44.3 Å². The maximum Gasteiger partial charge on any atom is 0.319 e. The molecular weight excluding hydrogens is 418 g/mol. The van der Waals surface area contributed by atoms with Gasteiger partial charge in [-0.3, -0.25) is 4.79 Å². The number of anilines is 2. The fourth-order valence-electron chi connectivity index (χ4n) is 4.39. The molecular formula is C26H33N3O4. The second-order valence-electron chi connectivity index (χ2n) is 8.82. The fourth-order valence-corrected chi connectivity index (χ4v) is 4.39. The number of nitrogens with zero attached hydrogens (tertiary/aromatic N) is 1.